The maximum Gasteiger partial charge on any atom is 0.267 e. The van der Waals surface area contributed by atoms with Gasteiger partial charge in [0.1, 0.15) is 6.04 Å². The molecule has 0 bridgehead atoms. The normalized spacial score (nSPS) is 20.6. The second-order valence-electron chi connectivity index (χ2n) is 6.51. The zero-order valence-corrected chi connectivity index (χ0v) is 13.3. The van der Waals surface area contributed by atoms with Gasteiger partial charge < -0.3 is 10.2 Å². The van der Waals surface area contributed by atoms with Crippen molar-refractivity contribution in [2.45, 2.75) is 51.1 Å². The third kappa shape index (κ3) is 3.06. The van der Waals surface area contributed by atoms with Crippen molar-refractivity contribution in [2.24, 2.45) is 0 Å². The Balaban J connectivity index is 1.69. The largest absolute Gasteiger partial charge is 0.351 e. The van der Waals surface area contributed by atoms with Gasteiger partial charge in [-0.3, -0.25) is 9.59 Å². The molecule has 1 N–H and O–H groups in total. The number of nitrogens with one attached hydrogen (secondary N) is 1. The number of carbonyl (C=O) groups is 1. The van der Waals surface area contributed by atoms with Gasteiger partial charge in [-0.25, -0.2) is 4.68 Å². The molecule has 3 rings (SSSR count). The van der Waals surface area contributed by atoms with Crippen LogP contribution in [-0.2, 0) is 17.6 Å². The molecule has 1 unspecified atom stereocenters. The molecule has 2 aliphatic rings. The van der Waals surface area contributed by atoms with Gasteiger partial charge in [-0.05, 0) is 64.7 Å². The van der Waals surface area contributed by atoms with Crippen molar-refractivity contribution < 1.29 is 4.79 Å². The number of fused-ring (bicyclic) bond motifs is 1. The summed E-state index contributed by atoms with van der Waals surface area (Å²) in [4.78, 5) is 26.9. The molecule has 2 heterocycles. The number of hydrogen-bond acceptors (Lipinski definition) is 4. The van der Waals surface area contributed by atoms with Crippen LogP contribution in [0.15, 0.2) is 10.9 Å². The Bertz CT molecular complexity index is 617. The van der Waals surface area contributed by atoms with Crippen LogP contribution >= 0.6 is 0 Å². The number of rotatable bonds is 3. The van der Waals surface area contributed by atoms with Gasteiger partial charge in [0.2, 0.25) is 5.91 Å². The number of hydrogen-bond donors (Lipinski definition) is 1. The van der Waals surface area contributed by atoms with Gasteiger partial charge in [-0.2, -0.15) is 5.10 Å². The van der Waals surface area contributed by atoms with E-state index in [0.29, 0.717) is 0 Å². The average Bonchev–Trinajstić information content (AvgIpc) is 2.95. The van der Waals surface area contributed by atoms with Crippen molar-refractivity contribution in [3.63, 3.8) is 0 Å². The Morgan fingerprint density at radius 2 is 2.09 bits per heavy atom. The summed E-state index contributed by atoms with van der Waals surface area (Å²) in [5.74, 6) is -0.109. The Kier molecular flexibility index (Phi) is 4.29. The molecule has 1 atom stereocenters. The number of carbonyl (C=O) groups excluding carboxylic acids is 1. The SMILES string of the molecule is CC(C(=O)NC1CCN(C)CC1)n1nc2c(cc1=O)CCC2. The molecule has 1 aliphatic heterocycles. The predicted molar refractivity (Wildman–Crippen MR) is 83.9 cm³/mol. The molecule has 0 spiro atoms. The van der Waals surface area contributed by atoms with Crippen molar-refractivity contribution >= 4 is 5.91 Å². The summed E-state index contributed by atoms with van der Waals surface area (Å²) < 4.78 is 1.34. The molecular weight excluding hydrogens is 280 g/mol. The third-order valence-corrected chi connectivity index (χ3v) is 4.79. The fourth-order valence-electron chi connectivity index (χ4n) is 3.28. The fraction of sp³-hybridized carbons (Fsp3) is 0.688. The second kappa shape index (κ2) is 6.20. The van der Waals surface area contributed by atoms with Crippen molar-refractivity contribution in [3.8, 4) is 0 Å². The van der Waals surface area contributed by atoms with Crippen molar-refractivity contribution in [1.82, 2.24) is 20.0 Å². The number of aromatic nitrogens is 2. The first kappa shape index (κ1) is 15.2. The van der Waals surface area contributed by atoms with Crippen molar-refractivity contribution in [2.75, 3.05) is 20.1 Å². The number of piperidine rings is 1. The molecule has 22 heavy (non-hydrogen) atoms. The minimum Gasteiger partial charge on any atom is -0.351 e. The van der Waals surface area contributed by atoms with Gasteiger partial charge in [-0.1, -0.05) is 0 Å². The molecule has 6 nitrogen and oxygen atoms in total. The van der Waals surface area contributed by atoms with E-state index in [2.05, 4.69) is 22.4 Å². The predicted octanol–water partition coefficient (Wildman–Crippen LogP) is 0.503. The van der Waals surface area contributed by atoms with E-state index < -0.39 is 6.04 Å². The van der Waals surface area contributed by atoms with E-state index in [1.165, 1.54) is 4.68 Å². The van der Waals surface area contributed by atoms with Gasteiger partial charge >= 0.3 is 0 Å². The third-order valence-electron chi connectivity index (χ3n) is 4.79. The molecule has 120 valence electrons. The minimum atomic E-state index is -0.557. The van der Waals surface area contributed by atoms with E-state index in [0.717, 1.165) is 56.5 Å². The van der Waals surface area contributed by atoms with Gasteiger partial charge in [0, 0.05) is 12.1 Å². The fourth-order valence-corrected chi connectivity index (χ4v) is 3.28. The quantitative estimate of drug-likeness (QED) is 0.883. The van der Waals surface area contributed by atoms with E-state index in [9.17, 15) is 9.59 Å². The highest BCUT2D eigenvalue weighted by atomic mass is 16.2. The molecule has 1 fully saturated rings. The summed E-state index contributed by atoms with van der Waals surface area (Å²) in [6, 6.07) is 1.30. The minimum absolute atomic E-state index is 0.109. The average molecular weight is 304 g/mol. The number of likely N-dealkylation sites (tertiary alicyclic amines) is 1. The van der Waals surface area contributed by atoms with E-state index in [1.807, 2.05) is 0 Å². The lowest BCUT2D eigenvalue weighted by atomic mass is 10.1. The second-order valence-corrected chi connectivity index (χ2v) is 6.51. The van der Waals surface area contributed by atoms with Crippen LogP contribution in [-0.4, -0.2) is 46.8 Å². The molecule has 1 aromatic heterocycles. The first-order chi connectivity index (χ1) is 10.5. The van der Waals surface area contributed by atoms with Gasteiger partial charge in [-0.15, -0.1) is 0 Å². The van der Waals surface area contributed by atoms with Gasteiger partial charge in [0.25, 0.3) is 5.56 Å². The van der Waals surface area contributed by atoms with E-state index in [1.54, 1.807) is 13.0 Å². The highest BCUT2D eigenvalue weighted by molar-refractivity contribution is 5.80. The Morgan fingerprint density at radius 1 is 1.36 bits per heavy atom. The van der Waals surface area contributed by atoms with Crippen LogP contribution in [0.1, 0.15) is 43.5 Å². The van der Waals surface area contributed by atoms with Crippen molar-refractivity contribution in [1.29, 1.82) is 0 Å². The lowest BCUT2D eigenvalue weighted by molar-refractivity contribution is -0.125. The first-order valence-corrected chi connectivity index (χ1v) is 8.15. The maximum absolute atomic E-state index is 12.4. The molecule has 6 heteroatoms. The molecule has 0 saturated carbocycles. The van der Waals surface area contributed by atoms with Crippen LogP contribution < -0.4 is 10.9 Å². The summed E-state index contributed by atoms with van der Waals surface area (Å²) in [7, 11) is 2.09. The van der Waals surface area contributed by atoms with Gasteiger partial charge in [0.15, 0.2) is 0 Å². The number of aryl methyl sites for hydroxylation is 2. The Hall–Kier alpha value is -1.69. The standard InChI is InChI=1S/C16H24N4O2/c1-11(16(22)17-13-6-8-19(2)9-7-13)20-15(21)10-12-4-3-5-14(12)18-20/h10-11,13H,3-9H2,1-2H3,(H,17,22). The highest BCUT2D eigenvalue weighted by Gasteiger charge is 2.24. The van der Waals surface area contributed by atoms with E-state index in [-0.39, 0.29) is 17.5 Å². The van der Waals surface area contributed by atoms with Crippen LogP contribution in [0.25, 0.3) is 0 Å². The summed E-state index contributed by atoms with van der Waals surface area (Å²) in [5.41, 5.74) is 1.84. The van der Waals surface area contributed by atoms with E-state index >= 15 is 0 Å². The molecule has 0 aromatic carbocycles. The van der Waals surface area contributed by atoms with Crippen LogP contribution in [0.3, 0.4) is 0 Å². The van der Waals surface area contributed by atoms with Crippen LogP contribution in [0, 0.1) is 0 Å². The van der Waals surface area contributed by atoms with Crippen LogP contribution in [0.2, 0.25) is 0 Å². The summed E-state index contributed by atoms with van der Waals surface area (Å²) in [6.45, 7) is 3.74. The Morgan fingerprint density at radius 3 is 2.82 bits per heavy atom. The highest BCUT2D eigenvalue weighted by Crippen LogP contribution is 2.18. The first-order valence-electron chi connectivity index (χ1n) is 8.15. The molecule has 1 amide bonds. The summed E-state index contributed by atoms with van der Waals surface area (Å²) in [6.07, 6.45) is 4.79. The monoisotopic (exact) mass is 304 g/mol. The van der Waals surface area contributed by atoms with Crippen molar-refractivity contribution in [3.05, 3.63) is 27.7 Å². The zero-order chi connectivity index (χ0) is 15.7. The lowest BCUT2D eigenvalue weighted by Crippen LogP contribution is -2.46. The number of nitrogens with zero attached hydrogens (tertiary/aromatic N) is 3. The molecular formula is C16H24N4O2. The number of amides is 1. The van der Waals surface area contributed by atoms with Crippen LogP contribution in [0.4, 0.5) is 0 Å². The Labute approximate surface area is 130 Å². The summed E-state index contributed by atoms with van der Waals surface area (Å²) >= 11 is 0. The van der Waals surface area contributed by atoms with Crippen LogP contribution in [0.5, 0.6) is 0 Å². The van der Waals surface area contributed by atoms with E-state index in [4.69, 9.17) is 0 Å². The summed E-state index contributed by atoms with van der Waals surface area (Å²) in [5, 5.41) is 7.48. The lowest BCUT2D eigenvalue weighted by Gasteiger charge is -2.30. The molecule has 1 saturated heterocycles. The molecule has 0 radical (unpaired) electrons. The van der Waals surface area contributed by atoms with Gasteiger partial charge in [0.05, 0.1) is 5.69 Å². The smallest absolute Gasteiger partial charge is 0.267 e. The topological polar surface area (TPSA) is 67.2 Å². The zero-order valence-electron chi connectivity index (χ0n) is 13.3. The molecule has 1 aliphatic carbocycles. The maximum atomic E-state index is 12.4. The molecule has 1 aromatic rings.